The number of rotatable bonds is 17. The zero-order chi connectivity index (χ0) is 20.6. The average Bonchev–Trinajstić information content (AvgIpc) is 2.70. The van der Waals surface area contributed by atoms with Gasteiger partial charge in [-0.3, -0.25) is 0 Å². The summed E-state index contributed by atoms with van der Waals surface area (Å²) in [5.74, 6) is 0. The van der Waals surface area contributed by atoms with E-state index in [-0.39, 0.29) is 6.61 Å². The maximum atomic E-state index is 9.90. The van der Waals surface area contributed by atoms with Crippen LogP contribution < -0.4 is 5.73 Å². The van der Waals surface area contributed by atoms with Gasteiger partial charge in [-0.05, 0) is 6.42 Å². The fourth-order valence-corrected chi connectivity index (χ4v) is 3.75. The molecule has 0 aliphatic carbocycles. The molecule has 168 valence electrons. The molecule has 0 aromatic carbocycles. The van der Waals surface area contributed by atoms with Crippen LogP contribution in [0.25, 0.3) is 0 Å². The topological polar surface area (TPSA) is 105 Å². The van der Waals surface area contributed by atoms with E-state index in [1.54, 1.807) is 0 Å². The van der Waals surface area contributed by atoms with Crippen LogP contribution in [-0.4, -0.2) is 59.2 Å². The molecule has 1 saturated heterocycles. The van der Waals surface area contributed by atoms with Gasteiger partial charge in [-0.15, -0.1) is 0 Å². The lowest BCUT2D eigenvalue weighted by Gasteiger charge is -2.40. The van der Waals surface area contributed by atoms with E-state index in [2.05, 4.69) is 6.92 Å². The molecule has 6 heteroatoms. The first-order valence-electron chi connectivity index (χ1n) is 11.6. The first-order chi connectivity index (χ1) is 13.6. The lowest BCUT2D eigenvalue weighted by molar-refractivity contribution is -0.265. The summed E-state index contributed by atoms with van der Waals surface area (Å²) in [6, 6.07) is -0.801. The molecule has 1 aliphatic rings. The molecule has 0 bridgehead atoms. The van der Waals surface area contributed by atoms with Gasteiger partial charge < -0.3 is 30.5 Å². The fraction of sp³-hybridized carbons (Fsp3) is 1.00. The van der Waals surface area contributed by atoms with Crippen LogP contribution >= 0.6 is 0 Å². The molecule has 0 amide bonds. The normalized spacial score (nSPS) is 28.0. The number of aliphatic hydroxyl groups is 3. The van der Waals surface area contributed by atoms with E-state index >= 15 is 0 Å². The predicted molar refractivity (Wildman–Crippen MR) is 112 cm³/mol. The van der Waals surface area contributed by atoms with Crippen LogP contribution in [0.1, 0.15) is 96.8 Å². The van der Waals surface area contributed by atoms with Crippen molar-refractivity contribution in [3.8, 4) is 0 Å². The summed E-state index contributed by atoms with van der Waals surface area (Å²) >= 11 is 0. The molecule has 1 heterocycles. The summed E-state index contributed by atoms with van der Waals surface area (Å²) in [5.41, 5.74) is 5.85. The zero-order valence-electron chi connectivity index (χ0n) is 17.9. The van der Waals surface area contributed by atoms with E-state index in [1.165, 1.54) is 77.0 Å². The first kappa shape index (κ1) is 25.8. The second-order valence-corrected chi connectivity index (χ2v) is 8.25. The highest BCUT2D eigenvalue weighted by Crippen LogP contribution is 2.21. The smallest absolute Gasteiger partial charge is 0.175 e. The minimum Gasteiger partial charge on any atom is -0.394 e. The predicted octanol–water partition coefficient (Wildman–Crippen LogP) is 3.25. The van der Waals surface area contributed by atoms with E-state index in [0.717, 1.165) is 12.8 Å². The first-order valence-corrected chi connectivity index (χ1v) is 11.6. The SMILES string of the molecule is CCCCCCCCCCCCCCCCO[C@@H]1OC(CO)[C@H](O)C(O)C1N. The molecule has 3 unspecified atom stereocenters. The van der Waals surface area contributed by atoms with Gasteiger partial charge in [0.05, 0.1) is 12.6 Å². The Hall–Kier alpha value is -0.240. The van der Waals surface area contributed by atoms with E-state index in [0.29, 0.717) is 6.61 Å². The summed E-state index contributed by atoms with van der Waals surface area (Å²) in [6.45, 7) is 2.40. The van der Waals surface area contributed by atoms with Crippen LogP contribution in [0.2, 0.25) is 0 Å². The van der Waals surface area contributed by atoms with E-state index in [9.17, 15) is 15.3 Å². The largest absolute Gasteiger partial charge is 0.394 e. The molecular formula is C22H45NO5. The van der Waals surface area contributed by atoms with Crippen molar-refractivity contribution in [2.24, 2.45) is 5.73 Å². The van der Waals surface area contributed by atoms with E-state index < -0.39 is 30.6 Å². The van der Waals surface area contributed by atoms with Crippen molar-refractivity contribution in [2.45, 2.75) is 127 Å². The van der Waals surface area contributed by atoms with Crippen molar-refractivity contribution in [3.05, 3.63) is 0 Å². The van der Waals surface area contributed by atoms with Gasteiger partial charge in [0.25, 0.3) is 0 Å². The lowest BCUT2D eigenvalue weighted by Crippen LogP contribution is -2.62. The van der Waals surface area contributed by atoms with Crippen molar-refractivity contribution >= 4 is 0 Å². The molecule has 0 aromatic heterocycles. The molecule has 6 nitrogen and oxygen atoms in total. The Morgan fingerprint density at radius 2 is 1.21 bits per heavy atom. The Kier molecular flexibility index (Phi) is 15.2. The Labute approximate surface area is 171 Å². The van der Waals surface area contributed by atoms with Gasteiger partial charge in [0, 0.05) is 6.61 Å². The monoisotopic (exact) mass is 403 g/mol. The molecule has 1 rings (SSSR count). The third-order valence-electron chi connectivity index (χ3n) is 5.71. The molecule has 1 fully saturated rings. The summed E-state index contributed by atoms with van der Waals surface area (Å²) < 4.78 is 11.1. The van der Waals surface area contributed by atoms with E-state index in [4.69, 9.17) is 15.2 Å². The van der Waals surface area contributed by atoms with Crippen LogP contribution in [0, 0.1) is 0 Å². The minimum atomic E-state index is -1.18. The molecular weight excluding hydrogens is 358 g/mol. The van der Waals surface area contributed by atoms with Crippen LogP contribution in [-0.2, 0) is 9.47 Å². The molecule has 0 radical (unpaired) electrons. The summed E-state index contributed by atoms with van der Waals surface area (Å²) in [7, 11) is 0. The number of aliphatic hydroxyl groups excluding tert-OH is 3. The van der Waals surface area contributed by atoms with Gasteiger partial charge in [-0.2, -0.15) is 0 Å². The molecule has 28 heavy (non-hydrogen) atoms. The number of unbranched alkanes of at least 4 members (excludes halogenated alkanes) is 13. The maximum absolute atomic E-state index is 9.90. The van der Waals surface area contributed by atoms with Crippen LogP contribution in [0.15, 0.2) is 0 Å². The fourth-order valence-electron chi connectivity index (χ4n) is 3.75. The molecule has 0 aromatic rings. The van der Waals surface area contributed by atoms with Gasteiger partial charge in [-0.1, -0.05) is 90.4 Å². The molecule has 1 aliphatic heterocycles. The average molecular weight is 404 g/mol. The number of hydrogen-bond acceptors (Lipinski definition) is 6. The molecule has 0 saturated carbocycles. The van der Waals surface area contributed by atoms with Gasteiger partial charge in [-0.25, -0.2) is 0 Å². The number of ether oxygens (including phenoxy) is 2. The highest BCUT2D eigenvalue weighted by atomic mass is 16.7. The Balaban J connectivity index is 1.90. The minimum absolute atomic E-state index is 0.371. The zero-order valence-corrected chi connectivity index (χ0v) is 17.9. The van der Waals surface area contributed by atoms with Crippen molar-refractivity contribution in [3.63, 3.8) is 0 Å². The van der Waals surface area contributed by atoms with Crippen LogP contribution in [0.3, 0.4) is 0 Å². The Morgan fingerprint density at radius 1 is 0.750 bits per heavy atom. The lowest BCUT2D eigenvalue weighted by atomic mass is 9.98. The third-order valence-corrected chi connectivity index (χ3v) is 5.71. The Bertz CT molecular complexity index is 356. The number of nitrogens with two attached hydrogens (primary N) is 1. The summed E-state index contributed by atoms with van der Waals surface area (Å²) in [5, 5.41) is 28.9. The van der Waals surface area contributed by atoms with Gasteiger partial charge in [0.15, 0.2) is 6.29 Å². The van der Waals surface area contributed by atoms with Gasteiger partial charge in [0.2, 0.25) is 0 Å². The second-order valence-electron chi connectivity index (χ2n) is 8.25. The van der Waals surface area contributed by atoms with Crippen molar-refractivity contribution < 1.29 is 24.8 Å². The molecule has 0 spiro atoms. The van der Waals surface area contributed by atoms with Crippen LogP contribution in [0.5, 0.6) is 0 Å². The summed E-state index contributed by atoms with van der Waals surface area (Å²) in [6.07, 6.45) is 14.3. The number of hydrogen-bond donors (Lipinski definition) is 4. The van der Waals surface area contributed by atoms with Gasteiger partial charge >= 0.3 is 0 Å². The Morgan fingerprint density at radius 3 is 1.68 bits per heavy atom. The standard InChI is InChI=1S/C22H45NO5/c1-2-3-4-5-6-7-8-9-10-11-12-13-14-15-16-27-22-19(23)21(26)20(25)18(17-24)28-22/h18-22,24-26H,2-17,23H2,1H3/t18?,19?,20-,21?,22+/m0/s1. The van der Waals surface area contributed by atoms with Crippen molar-refractivity contribution in [2.75, 3.05) is 13.2 Å². The maximum Gasteiger partial charge on any atom is 0.175 e. The second kappa shape index (κ2) is 16.5. The van der Waals surface area contributed by atoms with Gasteiger partial charge in [0.1, 0.15) is 18.3 Å². The van der Waals surface area contributed by atoms with Crippen molar-refractivity contribution in [1.82, 2.24) is 0 Å². The molecule has 5 atom stereocenters. The quantitative estimate of drug-likeness (QED) is 0.278. The highest BCUT2D eigenvalue weighted by Gasteiger charge is 2.42. The third kappa shape index (κ3) is 10.5. The molecule has 5 N–H and O–H groups in total. The van der Waals surface area contributed by atoms with Crippen molar-refractivity contribution in [1.29, 1.82) is 0 Å². The highest BCUT2D eigenvalue weighted by molar-refractivity contribution is 4.91. The van der Waals surface area contributed by atoms with Crippen LogP contribution in [0.4, 0.5) is 0 Å². The summed E-state index contributed by atoms with van der Waals surface area (Å²) in [4.78, 5) is 0. The van der Waals surface area contributed by atoms with E-state index in [1.807, 2.05) is 0 Å².